The summed E-state index contributed by atoms with van der Waals surface area (Å²) in [6.07, 6.45) is 0. The third-order valence-corrected chi connectivity index (χ3v) is 2.78. The molecule has 0 amide bonds. The van der Waals surface area contributed by atoms with Crippen LogP contribution in [0.5, 0.6) is 0 Å². The highest BCUT2D eigenvalue weighted by molar-refractivity contribution is 5.78. The molecule has 2 heterocycles. The van der Waals surface area contributed by atoms with Crippen LogP contribution in [0.4, 0.5) is 11.7 Å². The van der Waals surface area contributed by atoms with E-state index in [1.54, 1.807) is 12.1 Å². The first-order valence-corrected chi connectivity index (χ1v) is 6.03. The molecular formula is C14H14N4O. The van der Waals surface area contributed by atoms with Crippen LogP contribution in [0, 0.1) is 6.92 Å². The Hall–Kier alpha value is -2.56. The summed E-state index contributed by atoms with van der Waals surface area (Å²) in [5.41, 5.74) is 9.76. The summed E-state index contributed by atoms with van der Waals surface area (Å²) in [7, 11) is 0. The van der Waals surface area contributed by atoms with Gasteiger partial charge in [0.15, 0.2) is 5.58 Å². The summed E-state index contributed by atoms with van der Waals surface area (Å²) in [6, 6.07) is 11.8. The molecule has 19 heavy (non-hydrogen) atoms. The smallest absolute Gasteiger partial charge is 0.296 e. The van der Waals surface area contributed by atoms with Gasteiger partial charge in [-0.05, 0) is 31.2 Å². The molecule has 0 fully saturated rings. The lowest BCUT2D eigenvalue weighted by molar-refractivity contribution is 0.614. The fraction of sp³-hybridized carbons (Fsp3) is 0.143. The molecule has 1 aromatic carbocycles. The van der Waals surface area contributed by atoms with Crippen molar-refractivity contribution in [3.05, 3.63) is 47.8 Å². The Balaban J connectivity index is 1.78. The molecule has 3 aromatic rings. The second-order valence-electron chi connectivity index (χ2n) is 4.37. The van der Waals surface area contributed by atoms with Gasteiger partial charge in [0.1, 0.15) is 5.52 Å². The molecule has 0 saturated carbocycles. The first-order chi connectivity index (χ1) is 9.20. The van der Waals surface area contributed by atoms with Crippen molar-refractivity contribution in [3.8, 4) is 0 Å². The molecule has 5 nitrogen and oxygen atoms in total. The minimum Gasteiger partial charge on any atom is -0.423 e. The lowest BCUT2D eigenvalue weighted by atomic mass is 10.3. The Kier molecular flexibility index (Phi) is 2.79. The van der Waals surface area contributed by atoms with Crippen LogP contribution in [0.1, 0.15) is 11.4 Å². The Morgan fingerprint density at radius 2 is 2.11 bits per heavy atom. The Bertz CT molecular complexity index is 720. The first-order valence-electron chi connectivity index (χ1n) is 6.03. The van der Waals surface area contributed by atoms with Gasteiger partial charge in [0.05, 0.1) is 12.2 Å². The number of rotatable bonds is 3. The SMILES string of the molecule is Cc1cccc(CNc2nc3ccc(N)cc3o2)n1. The van der Waals surface area contributed by atoms with Crippen LogP contribution in [0.15, 0.2) is 40.8 Å². The average Bonchev–Trinajstić information content (AvgIpc) is 2.78. The number of nitrogens with two attached hydrogens (primary N) is 1. The maximum Gasteiger partial charge on any atom is 0.296 e. The summed E-state index contributed by atoms with van der Waals surface area (Å²) in [5.74, 6) is 0. The minimum atomic E-state index is 0.476. The van der Waals surface area contributed by atoms with Gasteiger partial charge in [0.2, 0.25) is 0 Å². The molecule has 0 radical (unpaired) electrons. The zero-order valence-corrected chi connectivity index (χ0v) is 10.6. The molecule has 0 atom stereocenters. The van der Waals surface area contributed by atoms with Crippen molar-refractivity contribution in [1.82, 2.24) is 9.97 Å². The number of hydrogen-bond acceptors (Lipinski definition) is 5. The summed E-state index contributed by atoms with van der Waals surface area (Å²) < 4.78 is 5.57. The van der Waals surface area contributed by atoms with E-state index in [-0.39, 0.29) is 0 Å². The second kappa shape index (κ2) is 4.61. The first kappa shape index (κ1) is 11.5. The monoisotopic (exact) mass is 254 g/mol. The van der Waals surface area contributed by atoms with Crippen LogP contribution >= 0.6 is 0 Å². The summed E-state index contributed by atoms with van der Waals surface area (Å²) in [5, 5.41) is 3.12. The van der Waals surface area contributed by atoms with Gasteiger partial charge in [-0.15, -0.1) is 0 Å². The van der Waals surface area contributed by atoms with Gasteiger partial charge < -0.3 is 15.5 Å². The number of fused-ring (bicyclic) bond motifs is 1. The van der Waals surface area contributed by atoms with Crippen LogP contribution in [-0.4, -0.2) is 9.97 Å². The zero-order chi connectivity index (χ0) is 13.2. The van der Waals surface area contributed by atoms with Crippen molar-refractivity contribution >= 4 is 22.8 Å². The molecule has 0 aliphatic rings. The molecule has 0 spiro atoms. The number of nitrogen functional groups attached to an aromatic ring is 1. The van der Waals surface area contributed by atoms with Gasteiger partial charge in [0, 0.05) is 17.4 Å². The lowest BCUT2D eigenvalue weighted by Gasteiger charge is -2.01. The molecule has 0 unspecified atom stereocenters. The topological polar surface area (TPSA) is 77.0 Å². The number of oxazole rings is 1. The van der Waals surface area contributed by atoms with Gasteiger partial charge in [-0.3, -0.25) is 4.98 Å². The third-order valence-electron chi connectivity index (χ3n) is 2.78. The van der Waals surface area contributed by atoms with Gasteiger partial charge in [-0.25, -0.2) is 0 Å². The Morgan fingerprint density at radius 3 is 2.95 bits per heavy atom. The van der Waals surface area contributed by atoms with Crippen molar-refractivity contribution in [2.45, 2.75) is 13.5 Å². The fourth-order valence-electron chi connectivity index (χ4n) is 1.88. The number of pyridine rings is 1. The summed E-state index contributed by atoms with van der Waals surface area (Å²) >= 11 is 0. The van der Waals surface area contributed by atoms with Crippen LogP contribution in [0.25, 0.3) is 11.1 Å². The molecule has 0 bridgehead atoms. The van der Waals surface area contributed by atoms with E-state index in [4.69, 9.17) is 10.2 Å². The van der Waals surface area contributed by atoms with E-state index < -0.39 is 0 Å². The van der Waals surface area contributed by atoms with E-state index in [9.17, 15) is 0 Å². The van der Waals surface area contributed by atoms with Crippen LogP contribution in [0.2, 0.25) is 0 Å². The highest BCUT2D eigenvalue weighted by atomic mass is 16.4. The molecule has 5 heteroatoms. The number of anilines is 2. The number of hydrogen-bond donors (Lipinski definition) is 2. The maximum atomic E-state index is 5.70. The van der Waals surface area contributed by atoms with Crippen molar-refractivity contribution in [1.29, 1.82) is 0 Å². The van der Waals surface area contributed by atoms with Gasteiger partial charge in [0.25, 0.3) is 6.01 Å². The molecular weight excluding hydrogens is 240 g/mol. The molecule has 3 N–H and O–H groups in total. The normalized spacial score (nSPS) is 10.8. The average molecular weight is 254 g/mol. The molecule has 0 aliphatic carbocycles. The molecule has 0 aliphatic heterocycles. The number of aryl methyl sites for hydroxylation is 1. The quantitative estimate of drug-likeness (QED) is 0.703. The second-order valence-corrected chi connectivity index (χ2v) is 4.37. The zero-order valence-electron chi connectivity index (χ0n) is 10.6. The number of nitrogens with one attached hydrogen (secondary N) is 1. The molecule has 0 saturated heterocycles. The minimum absolute atomic E-state index is 0.476. The number of nitrogens with zero attached hydrogens (tertiary/aromatic N) is 2. The highest BCUT2D eigenvalue weighted by Gasteiger charge is 2.05. The Labute approximate surface area is 110 Å². The predicted octanol–water partition coefficient (Wildman–Crippen LogP) is 2.73. The van der Waals surface area contributed by atoms with E-state index in [1.807, 2.05) is 31.2 Å². The molecule has 2 aromatic heterocycles. The number of benzene rings is 1. The van der Waals surface area contributed by atoms with Crippen LogP contribution in [-0.2, 0) is 6.54 Å². The van der Waals surface area contributed by atoms with Crippen LogP contribution in [0.3, 0.4) is 0 Å². The van der Waals surface area contributed by atoms with Gasteiger partial charge in [-0.2, -0.15) is 4.98 Å². The fourth-order valence-corrected chi connectivity index (χ4v) is 1.88. The third kappa shape index (κ3) is 2.49. The van der Waals surface area contributed by atoms with Crippen molar-refractivity contribution in [2.75, 3.05) is 11.1 Å². The van der Waals surface area contributed by atoms with E-state index >= 15 is 0 Å². The largest absolute Gasteiger partial charge is 0.423 e. The summed E-state index contributed by atoms with van der Waals surface area (Å²) in [4.78, 5) is 8.73. The van der Waals surface area contributed by atoms with E-state index in [0.29, 0.717) is 23.8 Å². The van der Waals surface area contributed by atoms with Gasteiger partial charge >= 0.3 is 0 Å². The standard InChI is InChI=1S/C14H14N4O/c1-9-3-2-4-11(17-9)8-16-14-18-12-6-5-10(15)7-13(12)19-14/h2-7H,8,15H2,1H3,(H,16,18). The maximum absolute atomic E-state index is 5.70. The van der Waals surface area contributed by atoms with E-state index in [2.05, 4.69) is 15.3 Å². The van der Waals surface area contributed by atoms with Crippen molar-refractivity contribution in [3.63, 3.8) is 0 Å². The van der Waals surface area contributed by atoms with Gasteiger partial charge in [-0.1, -0.05) is 6.07 Å². The van der Waals surface area contributed by atoms with E-state index in [0.717, 1.165) is 16.9 Å². The molecule has 3 rings (SSSR count). The van der Waals surface area contributed by atoms with Crippen molar-refractivity contribution in [2.24, 2.45) is 0 Å². The lowest BCUT2D eigenvalue weighted by Crippen LogP contribution is -2.02. The Morgan fingerprint density at radius 1 is 1.21 bits per heavy atom. The predicted molar refractivity (Wildman–Crippen MR) is 74.7 cm³/mol. The highest BCUT2D eigenvalue weighted by Crippen LogP contribution is 2.21. The number of aromatic nitrogens is 2. The van der Waals surface area contributed by atoms with Crippen LogP contribution < -0.4 is 11.1 Å². The molecule has 96 valence electrons. The van der Waals surface area contributed by atoms with Crippen molar-refractivity contribution < 1.29 is 4.42 Å². The van der Waals surface area contributed by atoms with E-state index in [1.165, 1.54) is 0 Å². The summed E-state index contributed by atoms with van der Waals surface area (Å²) in [6.45, 7) is 2.54.